The summed E-state index contributed by atoms with van der Waals surface area (Å²) >= 11 is 0. The van der Waals surface area contributed by atoms with E-state index in [4.69, 9.17) is 0 Å². The number of sulfone groups is 1. The topological polar surface area (TPSA) is 74.8 Å². The van der Waals surface area contributed by atoms with Crippen LogP contribution in [0.1, 0.15) is 34.7 Å². The van der Waals surface area contributed by atoms with Gasteiger partial charge in [-0.2, -0.15) is 0 Å². The first kappa shape index (κ1) is 22.3. The van der Waals surface area contributed by atoms with Gasteiger partial charge in [-0.15, -0.1) is 0 Å². The van der Waals surface area contributed by atoms with Gasteiger partial charge in [0.1, 0.15) is 5.75 Å². The molecule has 0 N–H and O–H groups in total. The Bertz CT molecular complexity index is 1430. The second-order valence-electron chi connectivity index (χ2n) is 8.99. The van der Waals surface area contributed by atoms with Crippen LogP contribution in [-0.4, -0.2) is 26.0 Å². The lowest BCUT2D eigenvalue weighted by Crippen LogP contribution is -2.54. The zero-order valence-corrected chi connectivity index (χ0v) is 20.2. The van der Waals surface area contributed by atoms with Crippen molar-refractivity contribution in [1.82, 2.24) is 0 Å². The highest BCUT2D eigenvalue weighted by atomic mass is 32.2. The summed E-state index contributed by atoms with van der Waals surface area (Å²) in [7, 11) is -4.17. The number of aryl methyl sites for hydroxylation is 3. The van der Waals surface area contributed by atoms with Gasteiger partial charge in [0.2, 0.25) is 5.91 Å². The third kappa shape index (κ3) is 3.03. The number of para-hydroxylation sites is 1. The number of amides is 2. The quantitative estimate of drug-likeness (QED) is 0.572. The average Bonchev–Trinajstić information content (AvgIpc) is 3.19. The van der Waals surface area contributed by atoms with Crippen molar-refractivity contribution in [1.29, 1.82) is 0 Å². The van der Waals surface area contributed by atoms with Crippen LogP contribution in [0.15, 0.2) is 66.7 Å². The van der Waals surface area contributed by atoms with Crippen molar-refractivity contribution in [3.63, 3.8) is 0 Å². The molecule has 6 nitrogen and oxygen atoms in total. The monoisotopic (exact) mass is 474 g/mol. The summed E-state index contributed by atoms with van der Waals surface area (Å²) in [5, 5.41) is 0. The van der Waals surface area contributed by atoms with E-state index >= 15 is 0 Å². The minimum absolute atomic E-state index is 0.220. The van der Waals surface area contributed by atoms with Gasteiger partial charge in [-0.25, -0.2) is 8.42 Å². The molecule has 3 aromatic rings. The third-order valence-electron chi connectivity index (χ3n) is 6.86. The Kier molecular flexibility index (Phi) is 5.13. The van der Waals surface area contributed by atoms with E-state index in [0.717, 1.165) is 28.7 Å². The van der Waals surface area contributed by atoms with E-state index in [1.807, 2.05) is 51.1 Å². The molecule has 2 aliphatic heterocycles. The molecule has 0 bridgehead atoms. The zero-order chi connectivity index (χ0) is 24.3. The molecular formula is C27H26N2O4S. The van der Waals surface area contributed by atoms with Crippen molar-refractivity contribution < 1.29 is 18.0 Å². The summed E-state index contributed by atoms with van der Waals surface area (Å²) in [6.45, 7) is 6.18. The van der Waals surface area contributed by atoms with Crippen LogP contribution >= 0.6 is 0 Å². The molecule has 2 amide bonds. The van der Waals surface area contributed by atoms with Crippen molar-refractivity contribution in [3.8, 4) is 0 Å². The van der Waals surface area contributed by atoms with Crippen LogP contribution in [0.4, 0.5) is 11.4 Å². The normalized spacial score (nSPS) is 20.9. The van der Waals surface area contributed by atoms with E-state index in [-0.39, 0.29) is 6.54 Å². The van der Waals surface area contributed by atoms with Crippen molar-refractivity contribution >= 4 is 33.0 Å². The van der Waals surface area contributed by atoms with Crippen LogP contribution in [-0.2, 0) is 37.3 Å². The molecule has 1 atom stereocenters. The molecule has 1 spiro atoms. The molecule has 0 aliphatic carbocycles. The lowest BCUT2D eigenvalue weighted by molar-refractivity contribution is -0.123. The SMILES string of the molecule is CCc1ccc(N2C(=O)CS(=O)(=O)C23C(=O)N(Cc2cc(C)ccc2C)c2ccccc23)cc1. The van der Waals surface area contributed by atoms with Crippen molar-refractivity contribution in [2.75, 3.05) is 15.6 Å². The van der Waals surface area contributed by atoms with Crippen molar-refractivity contribution in [3.05, 3.63) is 94.5 Å². The third-order valence-corrected chi connectivity index (χ3v) is 8.96. The minimum Gasteiger partial charge on any atom is -0.304 e. The highest BCUT2D eigenvalue weighted by molar-refractivity contribution is 7.94. The summed E-state index contributed by atoms with van der Waals surface area (Å²) < 4.78 is 27.4. The maximum Gasteiger partial charge on any atom is 0.274 e. The van der Waals surface area contributed by atoms with Crippen molar-refractivity contribution in [2.45, 2.75) is 38.6 Å². The van der Waals surface area contributed by atoms with Crippen LogP contribution < -0.4 is 9.80 Å². The van der Waals surface area contributed by atoms with Gasteiger partial charge in [-0.1, -0.05) is 61.0 Å². The second kappa shape index (κ2) is 7.81. The Hall–Kier alpha value is -3.45. The lowest BCUT2D eigenvalue weighted by atomic mass is 10.0. The second-order valence-corrected chi connectivity index (χ2v) is 11.1. The molecule has 0 radical (unpaired) electrons. The minimum atomic E-state index is -4.17. The van der Waals surface area contributed by atoms with Gasteiger partial charge in [-0.3, -0.25) is 14.5 Å². The van der Waals surface area contributed by atoms with E-state index in [1.165, 1.54) is 9.80 Å². The lowest BCUT2D eigenvalue weighted by Gasteiger charge is -2.32. The number of hydrogen-bond donors (Lipinski definition) is 0. The zero-order valence-electron chi connectivity index (χ0n) is 19.4. The number of nitrogens with zero attached hydrogens (tertiary/aromatic N) is 2. The Morgan fingerprint density at radius 3 is 2.35 bits per heavy atom. The Morgan fingerprint density at radius 2 is 1.65 bits per heavy atom. The molecule has 3 aromatic carbocycles. The van der Waals surface area contributed by atoms with Gasteiger partial charge >= 0.3 is 0 Å². The summed E-state index contributed by atoms with van der Waals surface area (Å²) in [6, 6.07) is 20.1. The smallest absolute Gasteiger partial charge is 0.274 e. The summed E-state index contributed by atoms with van der Waals surface area (Å²) in [4.78, 5) is 28.0. The molecule has 5 rings (SSSR count). The fourth-order valence-corrected chi connectivity index (χ4v) is 7.10. The predicted octanol–water partition coefficient (Wildman–Crippen LogP) is 4.03. The number of benzene rings is 3. The van der Waals surface area contributed by atoms with Gasteiger partial charge in [0.05, 0.1) is 12.2 Å². The maximum absolute atomic E-state index is 14.2. The molecule has 0 aromatic heterocycles. The number of fused-ring (bicyclic) bond motifs is 2. The van der Waals surface area contributed by atoms with Gasteiger partial charge in [0, 0.05) is 11.3 Å². The molecule has 174 valence electrons. The van der Waals surface area contributed by atoms with E-state index in [9.17, 15) is 18.0 Å². The molecule has 34 heavy (non-hydrogen) atoms. The molecule has 2 aliphatic rings. The first-order chi connectivity index (χ1) is 16.2. The van der Waals surface area contributed by atoms with Crippen LogP contribution in [0.3, 0.4) is 0 Å². The highest BCUT2D eigenvalue weighted by Crippen LogP contribution is 2.52. The van der Waals surface area contributed by atoms with Crippen LogP contribution in [0.25, 0.3) is 0 Å². The standard InChI is InChI=1S/C27H26N2O4S/c1-4-20-11-13-22(14-12-20)29-25(30)17-34(32,33)27(29)23-7-5-6-8-24(23)28(26(27)31)16-21-15-18(2)9-10-19(21)3/h5-15H,4,16-17H2,1-3H3. The summed E-state index contributed by atoms with van der Waals surface area (Å²) in [5.41, 5.74) is 5.30. The maximum atomic E-state index is 14.2. The van der Waals surface area contributed by atoms with E-state index in [1.54, 1.807) is 36.4 Å². The Labute approximate surface area is 199 Å². The average molecular weight is 475 g/mol. The van der Waals surface area contributed by atoms with Gasteiger partial charge in [-0.05, 0) is 55.2 Å². The number of anilines is 2. The van der Waals surface area contributed by atoms with Gasteiger partial charge in [0.25, 0.3) is 10.8 Å². The molecule has 1 fully saturated rings. The molecule has 0 saturated carbocycles. The predicted molar refractivity (Wildman–Crippen MR) is 132 cm³/mol. The molecule has 1 unspecified atom stereocenters. The number of carbonyl (C=O) groups excluding carboxylic acids is 2. The molecule has 1 saturated heterocycles. The van der Waals surface area contributed by atoms with Crippen molar-refractivity contribution in [2.24, 2.45) is 0 Å². The molecule has 7 heteroatoms. The van der Waals surface area contributed by atoms with E-state index < -0.39 is 32.3 Å². The number of rotatable bonds is 4. The van der Waals surface area contributed by atoms with E-state index in [0.29, 0.717) is 16.9 Å². The first-order valence-corrected chi connectivity index (χ1v) is 13.0. The fourth-order valence-electron chi connectivity index (χ4n) is 5.07. The van der Waals surface area contributed by atoms with Gasteiger partial charge in [0.15, 0.2) is 9.84 Å². The first-order valence-electron chi connectivity index (χ1n) is 11.3. The Balaban J connectivity index is 1.72. The largest absolute Gasteiger partial charge is 0.304 e. The van der Waals surface area contributed by atoms with Crippen LogP contribution in [0.5, 0.6) is 0 Å². The van der Waals surface area contributed by atoms with Crippen LogP contribution in [0.2, 0.25) is 0 Å². The summed E-state index contributed by atoms with van der Waals surface area (Å²) in [5.74, 6) is -1.92. The number of carbonyl (C=O) groups is 2. The van der Waals surface area contributed by atoms with E-state index in [2.05, 4.69) is 0 Å². The number of hydrogen-bond acceptors (Lipinski definition) is 4. The highest BCUT2D eigenvalue weighted by Gasteiger charge is 2.69. The fraction of sp³-hybridized carbons (Fsp3) is 0.259. The molecule has 2 heterocycles. The van der Waals surface area contributed by atoms with Gasteiger partial charge < -0.3 is 4.90 Å². The van der Waals surface area contributed by atoms with Crippen LogP contribution in [0, 0.1) is 13.8 Å². The Morgan fingerprint density at radius 1 is 0.941 bits per heavy atom. The summed E-state index contributed by atoms with van der Waals surface area (Å²) in [6.07, 6.45) is 0.809. The molecular weight excluding hydrogens is 448 g/mol.